The van der Waals surface area contributed by atoms with Crippen LogP contribution >= 0.6 is 11.8 Å². The van der Waals surface area contributed by atoms with E-state index in [4.69, 9.17) is 0 Å². The topological polar surface area (TPSA) is 0 Å². The van der Waals surface area contributed by atoms with Crippen molar-refractivity contribution in [1.82, 2.24) is 0 Å². The molecule has 0 spiro atoms. The second kappa shape index (κ2) is 9.02. The quantitative estimate of drug-likeness (QED) is 0.437. The minimum absolute atomic E-state index is 0. The maximum Gasteiger partial charge on any atom is 0 e. The molecule has 2 heteroatoms. The molecule has 0 nitrogen and oxygen atoms in total. The van der Waals surface area contributed by atoms with Crippen LogP contribution in [0.4, 0.5) is 0 Å². The molecule has 0 aromatic carbocycles. The normalized spacial score (nSPS) is 4.50. The molecule has 0 fully saturated rings. The Labute approximate surface area is 44.1 Å². The van der Waals surface area contributed by atoms with E-state index in [1.54, 1.807) is 11.8 Å². The van der Waals surface area contributed by atoms with Gasteiger partial charge in [0.15, 0.2) is 0 Å². The SMILES string of the molecule is CSC.[Zn]. The van der Waals surface area contributed by atoms with Gasteiger partial charge < -0.3 is 0 Å². The Morgan fingerprint density at radius 1 is 1.25 bits per heavy atom. The van der Waals surface area contributed by atoms with Crippen molar-refractivity contribution in [3.8, 4) is 0 Å². The van der Waals surface area contributed by atoms with Crippen LogP contribution in [0.5, 0.6) is 0 Å². The Morgan fingerprint density at radius 2 is 1.25 bits per heavy atom. The van der Waals surface area contributed by atoms with Crippen molar-refractivity contribution in [3.05, 3.63) is 0 Å². The van der Waals surface area contributed by atoms with E-state index in [0.717, 1.165) is 0 Å². The molecule has 0 saturated carbocycles. The van der Waals surface area contributed by atoms with Gasteiger partial charge in [0.2, 0.25) is 0 Å². The Hall–Kier alpha value is 0.973. The molecule has 0 radical (unpaired) electrons. The summed E-state index contributed by atoms with van der Waals surface area (Å²) < 4.78 is 0. The summed E-state index contributed by atoms with van der Waals surface area (Å²) in [6, 6.07) is 0. The zero-order valence-electron chi connectivity index (χ0n) is 3.12. The van der Waals surface area contributed by atoms with Crippen molar-refractivity contribution < 1.29 is 19.5 Å². The second-order valence-electron chi connectivity index (χ2n) is 0.408. The van der Waals surface area contributed by atoms with Crippen molar-refractivity contribution in [1.29, 1.82) is 0 Å². The van der Waals surface area contributed by atoms with Crippen molar-refractivity contribution in [2.75, 3.05) is 12.5 Å². The Balaban J connectivity index is 0. The summed E-state index contributed by atoms with van der Waals surface area (Å²) in [6.45, 7) is 0. The standard InChI is InChI=1S/C2H6S.Zn/c1-3-2;/h1-2H3;. The first-order chi connectivity index (χ1) is 1.41. The van der Waals surface area contributed by atoms with Gasteiger partial charge in [0.25, 0.3) is 0 Å². The van der Waals surface area contributed by atoms with E-state index in [0.29, 0.717) is 0 Å². The molecule has 0 saturated heterocycles. The maximum atomic E-state index is 2.04. The fraction of sp³-hybridized carbons (Fsp3) is 1.00. The minimum atomic E-state index is 0. The van der Waals surface area contributed by atoms with Crippen molar-refractivity contribution in [3.63, 3.8) is 0 Å². The average molecular weight is 128 g/mol. The molecule has 0 aliphatic rings. The molecule has 0 atom stereocenters. The first-order valence-electron chi connectivity index (χ1n) is 0.816. The molecule has 0 rings (SSSR count). The molecular formula is C2H6SZn. The number of hydrogen-bond donors (Lipinski definition) is 0. The Bertz CT molecular complexity index is 6.00. The van der Waals surface area contributed by atoms with Gasteiger partial charge in [-0.3, -0.25) is 0 Å². The maximum absolute atomic E-state index is 2.04. The van der Waals surface area contributed by atoms with Crippen LogP contribution in [0.15, 0.2) is 0 Å². The molecule has 0 unspecified atom stereocenters. The smallest absolute Gasteiger partial charge is 0 e. The molecule has 0 aliphatic carbocycles. The Kier molecular flexibility index (Phi) is 20.0. The zero-order valence-corrected chi connectivity index (χ0v) is 6.90. The molecule has 0 aliphatic heterocycles. The van der Waals surface area contributed by atoms with E-state index < -0.39 is 0 Å². The largest absolute Gasteiger partial charge is 0.169 e. The van der Waals surface area contributed by atoms with Gasteiger partial charge in [-0.2, -0.15) is 11.8 Å². The molecule has 0 bridgehead atoms. The molecular weight excluding hydrogens is 121 g/mol. The summed E-state index contributed by atoms with van der Waals surface area (Å²) in [6.07, 6.45) is 4.08. The predicted octanol–water partition coefficient (Wildman–Crippen LogP) is 0.977. The average Bonchev–Trinajstić information content (AvgIpc) is 0.918. The van der Waals surface area contributed by atoms with E-state index in [-0.39, 0.29) is 19.5 Å². The molecule has 0 aromatic heterocycles. The first kappa shape index (κ1) is 8.88. The monoisotopic (exact) mass is 126 g/mol. The van der Waals surface area contributed by atoms with E-state index in [1.165, 1.54) is 0 Å². The third-order valence-corrected chi connectivity index (χ3v) is 0. The van der Waals surface area contributed by atoms with Crippen molar-refractivity contribution in [2.24, 2.45) is 0 Å². The van der Waals surface area contributed by atoms with E-state index in [9.17, 15) is 0 Å². The van der Waals surface area contributed by atoms with Gasteiger partial charge in [0.05, 0.1) is 0 Å². The van der Waals surface area contributed by atoms with Crippen LogP contribution in [0, 0.1) is 0 Å². The van der Waals surface area contributed by atoms with Crippen LogP contribution in [0.2, 0.25) is 0 Å². The van der Waals surface area contributed by atoms with Gasteiger partial charge in [0.1, 0.15) is 0 Å². The summed E-state index contributed by atoms with van der Waals surface area (Å²) in [5.41, 5.74) is 0. The fourth-order valence-corrected chi connectivity index (χ4v) is 0. The van der Waals surface area contributed by atoms with Gasteiger partial charge in [-0.25, -0.2) is 0 Å². The minimum Gasteiger partial charge on any atom is -0.169 e. The van der Waals surface area contributed by atoms with Crippen LogP contribution in [-0.2, 0) is 19.5 Å². The van der Waals surface area contributed by atoms with Crippen LogP contribution in [0.3, 0.4) is 0 Å². The number of thioether (sulfide) groups is 1. The van der Waals surface area contributed by atoms with Gasteiger partial charge >= 0.3 is 0 Å². The van der Waals surface area contributed by atoms with Gasteiger partial charge in [-0.1, -0.05) is 0 Å². The zero-order chi connectivity index (χ0) is 2.71. The molecule has 0 aromatic rings. The number of rotatable bonds is 0. The van der Waals surface area contributed by atoms with E-state index in [1.807, 2.05) is 12.5 Å². The fourth-order valence-electron chi connectivity index (χ4n) is 0. The molecule has 0 amide bonds. The van der Waals surface area contributed by atoms with Gasteiger partial charge in [0, 0.05) is 19.5 Å². The van der Waals surface area contributed by atoms with E-state index >= 15 is 0 Å². The van der Waals surface area contributed by atoms with Crippen LogP contribution < -0.4 is 0 Å². The van der Waals surface area contributed by atoms with Crippen LogP contribution in [-0.4, -0.2) is 12.5 Å². The first-order valence-corrected chi connectivity index (χ1v) is 2.45. The summed E-state index contributed by atoms with van der Waals surface area (Å²) in [7, 11) is 0. The second-order valence-corrected chi connectivity index (χ2v) is 1.22. The number of hydrogen-bond acceptors (Lipinski definition) is 1. The van der Waals surface area contributed by atoms with Crippen LogP contribution in [0.1, 0.15) is 0 Å². The molecule has 4 heavy (non-hydrogen) atoms. The third kappa shape index (κ3) is 12.2. The van der Waals surface area contributed by atoms with Crippen LogP contribution in [0.25, 0.3) is 0 Å². The summed E-state index contributed by atoms with van der Waals surface area (Å²) >= 11 is 1.75. The van der Waals surface area contributed by atoms with Crippen molar-refractivity contribution >= 4 is 11.8 Å². The van der Waals surface area contributed by atoms with E-state index in [2.05, 4.69) is 0 Å². The Morgan fingerprint density at radius 3 is 1.25 bits per heavy atom. The summed E-state index contributed by atoms with van der Waals surface area (Å²) in [5.74, 6) is 0. The molecule has 0 N–H and O–H groups in total. The predicted molar refractivity (Wildman–Crippen MR) is 19.4 cm³/mol. The summed E-state index contributed by atoms with van der Waals surface area (Å²) in [5, 5.41) is 0. The third-order valence-electron chi connectivity index (χ3n) is 0. The molecule has 22 valence electrons. The summed E-state index contributed by atoms with van der Waals surface area (Å²) in [4.78, 5) is 0. The van der Waals surface area contributed by atoms with Gasteiger partial charge in [-0.15, -0.1) is 0 Å². The van der Waals surface area contributed by atoms with Crippen molar-refractivity contribution in [2.45, 2.75) is 0 Å². The van der Waals surface area contributed by atoms with Gasteiger partial charge in [-0.05, 0) is 12.5 Å². The molecule has 0 heterocycles.